The molecule has 0 aliphatic heterocycles. The van der Waals surface area contributed by atoms with Gasteiger partial charge in [0, 0.05) is 16.5 Å². The van der Waals surface area contributed by atoms with Gasteiger partial charge in [-0.1, -0.05) is 164 Å². The monoisotopic (exact) mass is 597 g/mol. The Bertz CT molecular complexity index is 2580. The van der Waals surface area contributed by atoms with E-state index in [1.807, 2.05) is 0 Å². The molecule has 0 atom stereocenters. The summed E-state index contributed by atoms with van der Waals surface area (Å²) >= 11 is 0. The first kappa shape index (κ1) is 27.2. The van der Waals surface area contributed by atoms with Gasteiger partial charge in [0.2, 0.25) is 0 Å². The van der Waals surface area contributed by atoms with Crippen LogP contribution in [0.5, 0.6) is 0 Å². The highest BCUT2D eigenvalue weighted by atomic mass is 15.1. The van der Waals surface area contributed by atoms with E-state index in [-0.39, 0.29) is 0 Å². The molecular weight excluding hydrogens is 567 g/mol. The zero-order valence-corrected chi connectivity index (χ0v) is 25.8. The molecule has 9 aromatic carbocycles. The molecule has 0 saturated carbocycles. The first-order valence-electron chi connectivity index (χ1n) is 16.2. The lowest BCUT2D eigenvalue weighted by molar-refractivity contribution is 1.31. The van der Waals surface area contributed by atoms with Crippen molar-refractivity contribution in [2.24, 2.45) is 0 Å². The molecular formula is C46H31N. The average molecular weight is 598 g/mol. The summed E-state index contributed by atoms with van der Waals surface area (Å²) < 4.78 is 0. The number of nitrogens with zero attached hydrogens (tertiary/aromatic N) is 1. The van der Waals surface area contributed by atoms with Gasteiger partial charge in [0.05, 0.1) is 17.1 Å². The first-order chi connectivity index (χ1) is 23.3. The number of benzene rings is 9. The van der Waals surface area contributed by atoms with Crippen molar-refractivity contribution < 1.29 is 0 Å². The first-order valence-corrected chi connectivity index (χ1v) is 16.2. The van der Waals surface area contributed by atoms with Crippen molar-refractivity contribution in [3.63, 3.8) is 0 Å². The fourth-order valence-electron chi connectivity index (χ4n) is 7.23. The van der Waals surface area contributed by atoms with Crippen LogP contribution < -0.4 is 4.90 Å². The number of fused-ring (bicyclic) bond motifs is 5. The van der Waals surface area contributed by atoms with Gasteiger partial charge in [-0.15, -0.1) is 0 Å². The molecule has 0 fully saturated rings. The third-order valence-electron chi connectivity index (χ3n) is 9.40. The summed E-state index contributed by atoms with van der Waals surface area (Å²) in [4.78, 5) is 2.51. The Labute approximate surface area is 274 Å². The quantitative estimate of drug-likeness (QED) is 0.178. The summed E-state index contributed by atoms with van der Waals surface area (Å²) in [6.07, 6.45) is 0. The summed E-state index contributed by atoms with van der Waals surface area (Å²) in [5.74, 6) is 0. The van der Waals surface area contributed by atoms with Crippen LogP contribution in [0.25, 0.3) is 65.3 Å². The minimum Gasteiger partial charge on any atom is -0.309 e. The minimum absolute atomic E-state index is 1.14. The van der Waals surface area contributed by atoms with Crippen molar-refractivity contribution >= 4 is 60.2 Å². The average Bonchev–Trinajstić information content (AvgIpc) is 3.15. The predicted octanol–water partition coefficient (Wildman–Crippen LogP) is 13.1. The molecule has 9 aromatic rings. The molecule has 9 rings (SSSR count). The van der Waals surface area contributed by atoms with Crippen molar-refractivity contribution in [3.8, 4) is 22.3 Å². The van der Waals surface area contributed by atoms with E-state index in [2.05, 4.69) is 193 Å². The maximum absolute atomic E-state index is 2.51. The zero-order valence-electron chi connectivity index (χ0n) is 25.8. The Balaban J connectivity index is 1.44. The van der Waals surface area contributed by atoms with Crippen molar-refractivity contribution in [1.82, 2.24) is 0 Å². The van der Waals surface area contributed by atoms with Gasteiger partial charge in [-0.25, -0.2) is 0 Å². The zero-order chi connectivity index (χ0) is 31.2. The Morgan fingerprint density at radius 2 is 0.872 bits per heavy atom. The van der Waals surface area contributed by atoms with Crippen LogP contribution in [0.3, 0.4) is 0 Å². The van der Waals surface area contributed by atoms with Crippen molar-refractivity contribution in [1.29, 1.82) is 0 Å². The van der Waals surface area contributed by atoms with Gasteiger partial charge < -0.3 is 4.90 Å². The number of hydrogen-bond donors (Lipinski definition) is 0. The standard InChI is InChI=1S/C46H31N/c1-2-15-33(16-3-1)39-21-12-13-25-43(39)47(45-31-36-19-7-8-20-38(36)41-23-10-11-24-42(41)45)44-29-28-34-17-6-9-22-40(34)46(44)37-27-26-32-14-4-5-18-35(32)30-37/h1-31H. The van der Waals surface area contributed by atoms with Crippen molar-refractivity contribution in [2.75, 3.05) is 4.90 Å². The minimum atomic E-state index is 1.14. The molecule has 0 amide bonds. The lowest BCUT2D eigenvalue weighted by atomic mass is 9.92. The second-order valence-electron chi connectivity index (χ2n) is 12.1. The Morgan fingerprint density at radius 1 is 0.277 bits per heavy atom. The van der Waals surface area contributed by atoms with Crippen LogP contribution >= 0.6 is 0 Å². The van der Waals surface area contributed by atoms with Gasteiger partial charge in [-0.3, -0.25) is 0 Å². The van der Waals surface area contributed by atoms with Crippen LogP contribution in [0.1, 0.15) is 0 Å². The van der Waals surface area contributed by atoms with E-state index in [4.69, 9.17) is 0 Å². The fourth-order valence-corrected chi connectivity index (χ4v) is 7.23. The highest BCUT2D eigenvalue weighted by Gasteiger charge is 2.24. The van der Waals surface area contributed by atoms with E-state index < -0.39 is 0 Å². The molecule has 0 spiro atoms. The van der Waals surface area contributed by atoms with E-state index in [1.54, 1.807) is 0 Å². The van der Waals surface area contributed by atoms with Gasteiger partial charge in [0.25, 0.3) is 0 Å². The van der Waals surface area contributed by atoms with Crippen molar-refractivity contribution in [2.45, 2.75) is 0 Å². The van der Waals surface area contributed by atoms with E-state index in [0.29, 0.717) is 0 Å². The van der Waals surface area contributed by atoms with Crippen LogP contribution in [0.2, 0.25) is 0 Å². The highest BCUT2D eigenvalue weighted by molar-refractivity contribution is 6.16. The smallest absolute Gasteiger partial charge is 0.0547 e. The van der Waals surface area contributed by atoms with E-state index in [1.165, 1.54) is 65.3 Å². The second kappa shape index (κ2) is 11.3. The molecule has 1 nitrogen and oxygen atoms in total. The number of anilines is 3. The van der Waals surface area contributed by atoms with Gasteiger partial charge in [-0.05, 0) is 73.1 Å². The summed E-state index contributed by atoms with van der Waals surface area (Å²) in [5.41, 5.74) is 8.21. The summed E-state index contributed by atoms with van der Waals surface area (Å²) in [6.45, 7) is 0. The number of rotatable bonds is 5. The van der Waals surface area contributed by atoms with Gasteiger partial charge in [0.15, 0.2) is 0 Å². The Morgan fingerprint density at radius 3 is 1.70 bits per heavy atom. The summed E-state index contributed by atoms with van der Waals surface area (Å²) in [6, 6.07) is 68.4. The second-order valence-corrected chi connectivity index (χ2v) is 12.1. The lowest BCUT2D eigenvalue weighted by Gasteiger charge is -2.32. The molecule has 0 heterocycles. The topological polar surface area (TPSA) is 3.24 Å². The molecule has 0 saturated heterocycles. The molecule has 0 radical (unpaired) electrons. The summed E-state index contributed by atoms with van der Waals surface area (Å²) in [5, 5.41) is 9.86. The number of para-hydroxylation sites is 1. The van der Waals surface area contributed by atoms with Crippen LogP contribution in [-0.2, 0) is 0 Å². The normalized spacial score (nSPS) is 11.4. The van der Waals surface area contributed by atoms with Gasteiger partial charge >= 0.3 is 0 Å². The van der Waals surface area contributed by atoms with Crippen LogP contribution in [0.15, 0.2) is 188 Å². The van der Waals surface area contributed by atoms with Crippen LogP contribution in [0, 0.1) is 0 Å². The van der Waals surface area contributed by atoms with E-state index in [9.17, 15) is 0 Å². The van der Waals surface area contributed by atoms with Gasteiger partial charge in [0.1, 0.15) is 0 Å². The Hall–Kier alpha value is -6.18. The predicted molar refractivity (Wildman–Crippen MR) is 202 cm³/mol. The lowest BCUT2D eigenvalue weighted by Crippen LogP contribution is -2.13. The third-order valence-corrected chi connectivity index (χ3v) is 9.40. The largest absolute Gasteiger partial charge is 0.309 e. The Kier molecular flexibility index (Phi) is 6.54. The van der Waals surface area contributed by atoms with Crippen LogP contribution in [-0.4, -0.2) is 0 Å². The number of hydrogen-bond acceptors (Lipinski definition) is 1. The molecule has 0 aromatic heterocycles. The molecule has 47 heavy (non-hydrogen) atoms. The molecule has 0 bridgehead atoms. The van der Waals surface area contributed by atoms with Gasteiger partial charge in [-0.2, -0.15) is 0 Å². The molecule has 0 N–H and O–H groups in total. The third kappa shape index (κ3) is 4.64. The van der Waals surface area contributed by atoms with Crippen LogP contribution in [0.4, 0.5) is 17.1 Å². The molecule has 1 heteroatoms. The van der Waals surface area contributed by atoms with E-state index >= 15 is 0 Å². The van der Waals surface area contributed by atoms with Crippen molar-refractivity contribution in [3.05, 3.63) is 188 Å². The maximum atomic E-state index is 2.51. The summed E-state index contributed by atoms with van der Waals surface area (Å²) in [7, 11) is 0. The fraction of sp³-hybridized carbons (Fsp3) is 0. The highest BCUT2D eigenvalue weighted by Crippen LogP contribution is 2.49. The van der Waals surface area contributed by atoms with E-state index in [0.717, 1.165) is 17.1 Å². The molecule has 220 valence electrons. The molecule has 0 unspecified atom stereocenters. The maximum Gasteiger partial charge on any atom is 0.0547 e. The molecule has 0 aliphatic rings. The SMILES string of the molecule is c1ccc(-c2ccccc2N(c2ccc3ccccc3c2-c2ccc3ccccc3c2)c2cc3ccccc3c3ccccc23)cc1. The molecule has 0 aliphatic carbocycles.